The maximum absolute atomic E-state index is 13.7. The van der Waals surface area contributed by atoms with Gasteiger partial charge in [-0.1, -0.05) is 25.0 Å². The average molecular weight is 576 g/mol. The molecule has 2 aliphatic carbocycles. The van der Waals surface area contributed by atoms with Gasteiger partial charge in [-0.25, -0.2) is 4.39 Å². The molecule has 2 aliphatic rings. The number of carbonyl (C=O) groups is 1. The van der Waals surface area contributed by atoms with Crippen molar-refractivity contribution < 1.29 is 45.4 Å². The van der Waals surface area contributed by atoms with Gasteiger partial charge >= 0.3 is 18.3 Å². The number of likely N-dealkylation sites (N-methyl/N-ethyl adjacent to an activating group) is 1. The van der Waals surface area contributed by atoms with Gasteiger partial charge in [0.05, 0.1) is 29.3 Å². The number of ether oxygens (including phenoxy) is 1. The van der Waals surface area contributed by atoms with Crippen LogP contribution < -0.4 is 0 Å². The number of benzene rings is 2. The molecule has 11 heteroatoms. The highest BCUT2D eigenvalue weighted by atomic mass is 19.4. The van der Waals surface area contributed by atoms with Crippen LogP contribution in [0.5, 0.6) is 0 Å². The van der Waals surface area contributed by atoms with Crippen molar-refractivity contribution in [3.8, 4) is 0 Å². The Balaban J connectivity index is 1.52. The van der Waals surface area contributed by atoms with Gasteiger partial charge in [0.15, 0.2) is 0 Å². The van der Waals surface area contributed by atoms with E-state index in [1.54, 1.807) is 12.1 Å². The minimum atomic E-state index is -4.93. The van der Waals surface area contributed by atoms with E-state index >= 15 is 0 Å². The number of carboxylic acids is 1. The Morgan fingerprint density at radius 3 is 2.08 bits per heavy atom. The number of alkyl halides is 6. The number of rotatable bonds is 9. The van der Waals surface area contributed by atoms with Crippen LogP contribution in [0.1, 0.15) is 66.7 Å². The van der Waals surface area contributed by atoms with E-state index in [4.69, 9.17) is 4.74 Å². The molecule has 2 aromatic carbocycles. The molecule has 2 saturated carbocycles. The van der Waals surface area contributed by atoms with E-state index in [0.29, 0.717) is 44.4 Å². The molecule has 0 amide bonds. The third-order valence-electron chi connectivity index (χ3n) is 8.32. The van der Waals surface area contributed by atoms with Gasteiger partial charge in [0.25, 0.3) is 0 Å². The van der Waals surface area contributed by atoms with Crippen LogP contribution in [-0.2, 0) is 28.3 Å². The fourth-order valence-corrected chi connectivity index (χ4v) is 6.32. The molecule has 0 aliphatic heterocycles. The number of hydrogen-bond donors (Lipinski definition) is 1. The van der Waals surface area contributed by atoms with Gasteiger partial charge in [0.1, 0.15) is 5.82 Å². The van der Waals surface area contributed by atoms with Crippen LogP contribution in [0.2, 0.25) is 0 Å². The van der Waals surface area contributed by atoms with Gasteiger partial charge in [-0.3, -0.25) is 4.79 Å². The number of carboxylic acid groups (broad SMARTS) is 1. The van der Waals surface area contributed by atoms with Crippen LogP contribution in [-0.4, -0.2) is 48.3 Å². The zero-order chi connectivity index (χ0) is 29.3. The second kappa shape index (κ2) is 11.7. The zero-order valence-corrected chi connectivity index (χ0v) is 22.0. The highest BCUT2D eigenvalue weighted by molar-refractivity contribution is 5.75. The van der Waals surface area contributed by atoms with Crippen LogP contribution in [0.15, 0.2) is 42.5 Å². The van der Waals surface area contributed by atoms with E-state index in [1.165, 1.54) is 12.1 Å². The van der Waals surface area contributed by atoms with Crippen molar-refractivity contribution in [2.75, 3.05) is 20.2 Å². The van der Waals surface area contributed by atoms with E-state index in [0.717, 1.165) is 18.4 Å². The SMILES string of the molecule is CN(CC1(C(=O)O)CCCC1)C1CCC(OCCc2cc(C(F)(F)F)cc(C(F)(F)F)c2)C1c1ccc(F)cc1. The normalized spacial score (nSPS) is 23.2. The fourth-order valence-electron chi connectivity index (χ4n) is 6.32. The number of nitrogens with zero attached hydrogens (tertiary/aromatic N) is 1. The van der Waals surface area contributed by atoms with E-state index < -0.39 is 46.8 Å². The smallest absolute Gasteiger partial charge is 0.416 e. The highest BCUT2D eigenvalue weighted by Crippen LogP contribution is 2.44. The minimum Gasteiger partial charge on any atom is -0.481 e. The van der Waals surface area contributed by atoms with Crippen molar-refractivity contribution in [3.63, 3.8) is 0 Å². The molecule has 4 nitrogen and oxygen atoms in total. The number of hydrogen-bond acceptors (Lipinski definition) is 3. The summed E-state index contributed by atoms with van der Waals surface area (Å²) in [5.41, 5.74) is -2.96. The molecule has 0 spiro atoms. The minimum absolute atomic E-state index is 0.0978. The summed E-state index contributed by atoms with van der Waals surface area (Å²) >= 11 is 0. The Labute approximate surface area is 228 Å². The van der Waals surface area contributed by atoms with Crippen LogP contribution in [0.25, 0.3) is 0 Å². The molecular formula is C29H32F7NO3. The van der Waals surface area contributed by atoms with Gasteiger partial charge < -0.3 is 14.7 Å². The molecular weight excluding hydrogens is 543 g/mol. The summed E-state index contributed by atoms with van der Waals surface area (Å²) in [5.74, 6) is -1.55. The van der Waals surface area contributed by atoms with Crippen molar-refractivity contribution >= 4 is 5.97 Å². The Morgan fingerprint density at radius 2 is 1.55 bits per heavy atom. The molecule has 220 valence electrons. The number of aliphatic carboxylic acids is 1. The van der Waals surface area contributed by atoms with Gasteiger partial charge in [0.2, 0.25) is 0 Å². The zero-order valence-electron chi connectivity index (χ0n) is 22.0. The topological polar surface area (TPSA) is 49.8 Å². The summed E-state index contributed by atoms with van der Waals surface area (Å²) in [7, 11) is 1.86. The Hall–Kier alpha value is -2.66. The highest BCUT2D eigenvalue weighted by Gasteiger charge is 2.46. The van der Waals surface area contributed by atoms with Crippen molar-refractivity contribution in [2.24, 2.45) is 5.41 Å². The number of halogens is 7. The molecule has 0 radical (unpaired) electrons. The molecule has 0 aromatic heterocycles. The van der Waals surface area contributed by atoms with Crippen LogP contribution in [0, 0.1) is 11.2 Å². The van der Waals surface area contributed by atoms with Crippen LogP contribution in [0.4, 0.5) is 30.7 Å². The quantitative estimate of drug-likeness (QED) is 0.319. The summed E-state index contributed by atoms with van der Waals surface area (Å²) in [6.07, 6.45) is -6.44. The molecule has 4 rings (SSSR count). The van der Waals surface area contributed by atoms with Gasteiger partial charge in [-0.05, 0) is 80.6 Å². The Kier molecular flexibility index (Phi) is 8.85. The summed E-state index contributed by atoms with van der Waals surface area (Å²) in [6, 6.07) is 7.26. The lowest BCUT2D eigenvalue weighted by atomic mass is 9.84. The first-order valence-corrected chi connectivity index (χ1v) is 13.3. The Morgan fingerprint density at radius 1 is 0.975 bits per heavy atom. The summed E-state index contributed by atoms with van der Waals surface area (Å²) < 4.78 is 99.2. The molecule has 0 heterocycles. The summed E-state index contributed by atoms with van der Waals surface area (Å²) in [6.45, 7) is 0.221. The van der Waals surface area contributed by atoms with Gasteiger partial charge in [0, 0.05) is 18.5 Å². The monoisotopic (exact) mass is 575 g/mol. The van der Waals surface area contributed by atoms with Crippen molar-refractivity contribution in [3.05, 3.63) is 70.5 Å². The molecule has 2 fully saturated rings. The van der Waals surface area contributed by atoms with Crippen molar-refractivity contribution in [1.82, 2.24) is 4.90 Å². The average Bonchev–Trinajstić information content (AvgIpc) is 3.52. The van der Waals surface area contributed by atoms with Crippen LogP contribution in [0.3, 0.4) is 0 Å². The summed E-state index contributed by atoms with van der Waals surface area (Å²) in [4.78, 5) is 14.2. The second-order valence-corrected chi connectivity index (χ2v) is 11.0. The first-order valence-electron chi connectivity index (χ1n) is 13.3. The van der Waals surface area contributed by atoms with Gasteiger partial charge in [-0.15, -0.1) is 0 Å². The van der Waals surface area contributed by atoms with E-state index in [9.17, 15) is 40.6 Å². The summed E-state index contributed by atoms with van der Waals surface area (Å²) in [5, 5.41) is 9.95. The largest absolute Gasteiger partial charge is 0.481 e. The molecule has 1 N–H and O–H groups in total. The second-order valence-electron chi connectivity index (χ2n) is 11.0. The molecule has 0 saturated heterocycles. The lowest BCUT2D eigenvalue weighted by Gasteiger charge is -2.37. The molecule has 0 bridgehead atoms. The molecule has 40 heavy (non-hydrogen) atoms. The van der Waals surface area contributed by atoms with Crippen molar-refractivity contribution in [2.45, 2.75) is 75.4 Å². The predicted molar refractivity (Wildman–Crippen MR) is 133 cm³/mol. The maximum Gasteiger partial charge on any atom is 0.416 e. The fraction of sp³-hybridized carbons (Fsp3) is 0.552. The van der Waals surface area contributed by atoms with E-state index in [-0.39, 0.29) is 36.6 Å². The Bertz CT molecular complexity index is 1140. The molecule has 3 atom stereocenters. The lowest BCUT2D eigenvalue weighted by molar-refractivity contribution is -0.150. The standard InChI is InChI=1S/C29H32F7NO3/c1-37(17-27(26(38)39)11-2-3-12-27)23-8-9-24(25(23)19-4-6-22(30)7-5-19)40-13-10-18-14-20(28(31,32)33)16-21(15-18)29(34,35)36/h4-7,14-16,23-25H,2-3,8-13,17H2,1H3,(H,38,39). The first kappa shape index (κ1) is 30.3. The third kappa shape index (κ3) is 6.79. The first-order chi connectivity index (χ1) is 18.7. The third-order valence-corrected chi connectivity index (χ3v) is 8.32. The van der Waals surface area contributed by atoms with Crippen molar-refractivity contribution in [1.29, 1.82) is 0 Å². The molecule has 2 aromatic rings. The predicted octanol–water partition coefficient (Wildman–Crippen LogP) is 7.31. The van der Waals surface area contributed by atoms with Gasteiger partial charge in [-0.2, -0.15) is 26.3 Å². The van der Waals surface area contributed by atoms with Crippen LogP contribution >= 0.6 is 0 Å². The molecule has 3 unspecified atom stereocenters. The van der Waals surface area contributed by atoms with E-state index in [1.807, 2.05) is 11.9 Å². The maximum atomic E-state index is 13.7. The lowest BCUT2D eigenvalue weighted by Crippen LogP contribution is -2.45. The van der Waals surface area contributed by atoms with E-state index in [2.05, 4.69) is 0 Å².